The van der Waals surface area contributed by atoms with Crippen LogP contribution in [0.2, 0.25) is 0 Å². The topological polar surface area (TPSA) is 65.8 Å². The lowest BCUT2D eigenvalue weighted by Crippen LogP contribution is -2.27. The molecule has 1 N–H and O–H groups in total. The molecule has 0 fully saturated rings. The maximum absolute atomic E-state index is 13.3. The van der Waals surface area contributed by atoms with Gasteiger partial charge in [-0.05, 0) is 41.0 Å². The molecular weight excluding hydrogens is 402 g/mol. The fraction of sp³-hybridized carbons (Fsp3) is 0.192. The number of benzene rings is 3. The largest absolute Gasteiger partial charge is 0.344 e. The van der Waals surface area contributed by atoms with E-state index in [9.17, 15) is 4.79 Å². The summed E-state index contributed by atoms with van der Waals surface area (Å²) in [6, 6.07) is 23.6. The van der Waals surface area contributed by atoms with Gasteiger partial charge in [0.25, 0.3) is 5.91 Å². The van der Waals surface area contributed by atoms with Crippen LogP contribution < -0.4 is 5.32 Å². The Hall–Kier alpha value is -3.49. The predicted molar refractivity (Wildman–Crippen MR) is 126 cm³/mol. The summed E-state index contributed by atoms with van der Waals surface area (Å²) >= 11 is 1.53. The Morgan fingerprint density at radius 2 is 1.71 bits per heavy atom. The molecule has 0 radical (unpaired) electrons. The molecule has 0 spiro atoms. The predicted octanol–water partition coefficient (Wildman–Crippen LogP) is 6.45. The Labute approximate surface area is 186 Å². The van der Waals surface area contributed by atoms with Crippen LogP contribution >= 0.6 is 11.3 Å². The lowest BCUT2D eigenvalue weighted by molar-refractivity contribution is 0.0936. The van der Waals surface area contributed by atoms with Gasteiger partial charge < -0.3 is 5.32 Å². The minimum absolute atomic E-state index is 0.170. The molecule has 1 aromatic heterocycles. The summed E-state index contributed by atoms with van der Waals surface area (Å²) in [7, 11) is 0. The zero-order chi connectivity index (χ0) is 22.0. The third-order valence-electron chi connectivity index (χ3n) is 5.27. The number of nitriles is 1. The van der Waals surface area contributed by atoms with E-state index in [1.165, 1.54) is 11.3 Å². The van der Waals surface area contributed by atoms with E-state index in [4.69, 9.17) is 5.26 Å². The van der Waals surface area contributed by atoms with Crippen molar-refractivity contribution in [1.82, 2.24) is 10.3 Å². The van der Waals surface area contributed by atoms with Gasteiger partial charge in [-0.25, -0.2) is 4.98 Å². The molecule has 1 heterocycles. The van der Waals surface area contributed by atoms with E-state index in [1.807, 2.05) is 37.3 Å². The molecule has 0 unspecified atom stereocenters. The Balaban J connectivity index is 1.68. The molecule has 1 amide bonds. The number of aromatic nitrogens is 1. The SMILES string of the molecule is CC(C)c1nc(C(=O)N[C@H](C)c2cccc3ccccc23)c(-c2ccc(C#N)cc2)s1. The average molecular weight is 426 g/mol. The number of hydrogen-bond acceptors (Lipinski definition) is 4. The van der Waals surface area contributed by atoms with Gasteiger partial charge in [0.1, 0.15) is 5.69 Å². The zero-order valence-corrected chi connectivity index (χ0v) is 18.5. The molecule has 0 saturated carbocycles. The Morgan fingerprint density at radius 1 is 1.00 bits per heavy atom. The minimum Gasteiger partial charge on any atom is -0.344 e. The van der Waals surface area contributed by atoms with Gasteiger partial charge in [-0.3, -0.25) is 4.79 Å². The second-order valence-corrected chi connectivity index (χ2v) is 8.87. The lowest BCUT2D eigenvalue weighted by atomic mass is 9.99. The van der Waals surface area contributed by atoms with E-state index in [-0.39, 0.29) is 17.9 Å². The van der Waals surface area contributed by atoms with Gasteiger partial charge in [-0.2, -0.15) is 5.26 Å². The summed E-state index contributed by atoms with van der Waals surface area (Å²) in [5.74, 6) is 0.0297. The summed E-state index contributed by atoms with van der Waals surface area (Å²) in [5.41, 5.74) is 3.00. The van der Waals surface area contributed by atoms with Crippen LogP contribution in [0.15, 0.2) is 66.7 Å². The molecule has 0 aliphatic rings. The Bertz CT molecular complexity index is 1280. The molecule has 0 saturated heterocycles. The number of thiazole rings is 1. The van der Waals surface area contributed by atoms with Crippen molar-refractivity contribution in [1.29, 1.82) is 5.26 Å². The molecule has 1 atom stereocenters. The number of nitrogens with one attached hydrogen (secondary N) is 1. The maximum atomic E-state index is 13.3. The first-order valence-corrected chi connectivity index (χ1v) is 11.1. The third-order valence-corrected chi connectivity index (χ3v) is 6.67. The summed E-state index contributed by atoms with van der Waals surface area (Å²) in [4.78, 5) is 18.8. The van der Waals surface area contributed by atoms with Crippen LogP contribution in [0, 0.1) is 11.3 Å². The van der Waals surface area contributed by atoms with Crippen molar-refractivity contribution in [3.8, 4) is 16.5 Å². The summed E-state index contributed by atoms with van der Waals surface area (Å²) in [6.07, 6.45) is 0. The molecule has 4 nitrogen and oxygen atoms in total. The minimum atomic E-state index is -0.192. The molecule has 4 rings (SSSR count). The molecule has 0 aliphatic heterocycles. The first-order chi connectivity index (χ1) is 15.0. The molecule has 0 aliphatic carbocycles. The van der Waals surface area contributed by atoms with Crippen molar-refractivity contribution in [2.45, 2.75) is 32.7 Å². The van der Waals surface area contributed by atoms with Crippen molar-refractivity contribution in [2.75, 3.05) is 0 Å². The number of hydrogen-bond donors (Lipinski definition) is 1. The monoisotopic (exact) mass is 425 g/mol. The van der Waals surface area contributed by atoms with Gasteiger partial charge in [0.15, 0.2) is 0 Å². The number of nitrogens with zero attached hydrogens (tertiary/aromatic N) is 2. The molecule has 31 heavy (non-hydrogen) atoms. The lowest BCUT2D eigenvalue weighted by Gasteiger charge is -2.16. The highest BCUT2D eigenvalue weighted by Gasteiger charge is 2.23. The smallest absolute Gasteiger partial charge is 0.271 e. The van der Waals surface area contributed by atoms with E-state index >= 15 is 0 Å². The molecule has 0 bridgehead atoms. The van der Waals surface area contributed by atoms with Gasteiger partial charge in [0.2, 0.25) is 0 Å². The van der Waals surface area contributed by atoms with E-state index in [1.54, 1.807) is 12.1 Å². The first kappa shape index (κ1) is 20.8. The number of carbonyl (C=O) groups is 1. The van der Waals surface area contributed by atoms with Crippen LogP contribution in [0.25, 0.3) is 21.2 Å². The standard InChI is InChI=1S/C26H23N3OS/c1-16(2)26-29-23(24(31-26)20-13-11-18(15-27)12-14-20)25(30)28-17(3)21-10-6-8-19-7-4-5-9-22(19)21/h4-14,16-17H,1-3H3,(H,28,30)/t17-/m1/s1. The van der Waals surface area contributed by atoms with Gasteiger partial charge in [-0.15, -0.1) is 11.3 Å². The van der Waals surface area contributed by atoms with Crippen LogP contribution in [-0.4, -0.2) is 10.9 Å². The summed E-state index contributed by atoms with van der Waals surface area (Å²) < 4.78 is 0. The molecular formula is C26H23N3OS. The van der Waals surface area contributed by atoms with Crippen molar-refractivity contribution in [3.63, 3.8) is 0 Å². The second kappa shape index (κ2) is 8.71. The average Bonchev–Trinajstić information content (AvgIpc) is 3.25. The van der Waals surface area contributed by atoms with Crippen LogP contribution in [0.5, 0.6) is 0 Å². The molecule has 5 heteroatoms. The number of amides is 1. The molecule has 154 valence electrons. The van der Waals surface area contributed by atoms with E-state index < -0.39 is 0 Å². The van der Waals surface area contributed by atoms with Gasteiger partial charge in [0, 0.05) is 5.92 Å². The van der Waals surface area contributed by atoms with Crippen molar-refractivity contribution in [3.05, 3.63) is 88.6 Å². The second-order valence-electron chi connectivity index (χ2n) is 7.84. The van der Waals surface area contributed by atoms with Crippen molar-refractivity contribution in [2.24, 2.45) is 0 Å². The zero-order valence-electron chi connectivity index (χ0n) is 17.7. The summed E-state index contributed by atoms with van der Waals surface area (Å²) in [6.45, 7) is 6.14. The third kappa shape index (κ3) is 4.21. The van der Waals surface area contributed by atoms with E-state index in [0.29, 0.717) is 11.3 Å². The van der Waals surface area contributed by atoms with Gasteiger partial charge in [-0.1, -0.05) is 68.4 Å². The fourth-order valence-corrected chi connectivity index (χ4v) is 4.67. The van der Waals surface area contributed by atoms with Gasteiger partial charge >= 0.3 is 0 Å². The van der Waals surface area contributed by atoms with E-state index in [0.717, 1.165) is 31.8 Å². The highest BCUT2D eigenvalue weighted by molar-refractivity contribution is 7.15. The van der Waals surface area contributed by atoms with Gasteiger partial charge in [0.05, 0.1) is 27.6 Å². The summed E-state index contributed by atoms with van der Waals surface area (Å²) in [5, 5.41) is 15.4. The van der Waals surface area contributed by atoms with Crippen LogP contribution in [0.3, 0.4) is 0 Å². The van der Waals surface area contributed by atoms with Crippen molar-refractivity contribution < 1.29 is 4.79 Å². The molecule has 4 aromatic rings. The van der Waals surface area contributed by atoms with Crippen LogP contribution in [-0.2, 0) is 0 Å². The normalized spacial score (nSPS) is 12.0. The highest BCUT2D eigenvalue weighted by Crippen LogP contribution is 2.34. The van der Waals surface area contributed by atoms with Crippen molar-refractivity contribution >= 4 is 28.0 Å². The number of carbonyl (C=O) groups excluding carboxylic acids is 1. The quantitative estimate of drug-likeness (QED) is 0.400. The number of fused-ring (bicyclic) bond motifs is 1. The first-order valence-electron chi connectivity index (χ1n) is 10.3. The highest BCUT2D eigenvalue weighted by atomic mass is 32.1. The Morgan fingerprint density at radius 3 is 2.42 bits per heavy atom. The fourth-order valence-electron chi connectivity index (χ4n) is 3.60. The number of rotatable bonds is 5. The maximum Gasteiger partial charge on any atom is 0.271 e. The molecule has 3 aromatic carbocycles. The van der Waals surface area contributed by atoms with Crippen LogP contribution in [0.1, 0.15) is 59.4 Å². The van der Waals surface area contributed by atoms with E-state index in [2.05, 4.69) is 54.5 Å². The van der Waals surface area contributed by atoms with Crippen LogP contribution in [0.4, 0.5) is 0 Å². The Kier molecular flexibility index (Phi) is 5.83.